The van der Waals surface area contributed by atoms with Crippen LogP contribution in [-0.4, -0.2) is 10.9 Å². The standard InChI is InChI=1S/C26H26FN3O/c1-2-22(26(31)30-21-10-3-17(16-28)4-11-21)18-5-7-19(8-6-18)23-13-14-29-25-15-20(27)9-12-24(23)25/h3-4,9-15,18-19,22H,2,5-8H2,1H3,(H,30,31)/t18-,19+,22?. The molecule has 0 aliphatic heterocycles. The van der Waals surface area contributed by atoms with Crippen LogP contribution in [-0.2, 0) is 4.79 Å². The van der Waals surface area contributed by atoms with E-state index in [0.29, 0.717) is 22.9 Å². The van der Waals surface area contributed by atoms with Crippen LogP contribution in [0.3, 0.4) is 0 Å². The largest absolute Gasteiger partial charge is 0.326 e. The number of halogens is 1. The highest BCUT2D eigenvalue weighted by molar-refractivity contribution is 5.92. The van der Waals surface area contributed by atoms with Gasteiger partial charge in [0.05, 0.1) is 17.1 Å². The number of pyridine rings is 1. The molecule has 158 valence electrons. The predicted molar refractivity (Wildman–Crippen MR) is 120 cm³/mol. The summed E-state index contributed by atoms with van der Waals surface area (Å²) in [7, 11) is 0. The van der Waals surface area contributed by atoms with Crippen LogP contribution in [0.1, 0.15) is 56.1 Å². The minimum atomic E-state index is -0.264. The van der Waals surface area contributed by atoms with Gasteiger partial charge in [-0.3, -0.25) is 9.78 Å². The molecule has 1 N–H and O–H groups in total. The van der Waals surface area contributed by atoms with Crippen LogP contribution in [0.2, 0.25) is 0 Å². The molecular weight excluding hydrogens is 389 g/mol. The highest BCUT2D eigenvalue weighted by Gasteiger charge is 2.32. The third-order valence-corrected chi connectivity index (χ3v) is 6.58. The average Bonchev–Trinajstić information content (AvgIpc) is 2.80. The van der Waals surface area contributed by atoms with Crippen molar-refractivity contribution in [3.05, 3.63) is 71.7 Å². The zero-order chi connectivity index (χ0) is 21.8. The van der Waals surface area contributed by atoms with Crippen molar-refractivity contribution in [2.45, 2.75) is 44.9 Å². The molecule has 1 saturated carbocycles. The molecule has 0 saturated heterocycles. The lowest BCUT2D eigenvalue weighted by molar-refractivity contribution is -0.122. The fourth-order valence-corrected chi connectivity index (χ4v) is 4.93. The minimum Gasteiger partial charge on any atom is -0.326 e. The van der Waals surface area contributed by atoms with Gasteiger partial charge < -0.3 is 5.32 Å². The Kier molecular flexibility index (Phi) is 6.27. The number of carbonyl (C=O) groups is 1. The van der Waals surface area contributed by atoms with Gasteiger partial charge in [0.1, 0.15) is 5.82 Å². The van der Waals surface area contributed by atoms with Gasteiger partial charge in [-0.1, -0.05) is 6.92 Å². The number of amides is 1. The average molecular weight is 416 g/mol. The van der Waals surface area contributed by atoms with Crippen molar-refractivity contribution < 1.29 is 9.18 Å². The van der Waals surface area contributed by atoms with Crippen molar-refractivity contribution in [3.63, 3.8) is 0 Å². The number of benzene rings is 2. The first kappa shape index (κ1) is 21.0. The Balaban J connectivity index is 1.42. The van der Waals surface area contributed by atoms with E-state index in [9.17, 15) is 9.18 Å². The van der Waals surface area contributed by atoms with E-state index in [0.717, 1.165) is 43.2 Å². The van der Waals surface area contributed by atoms with Crippen molar-refractivity contribution in [2.75, 3.05) is 5.32 Å². The maximum atomic E-state index is 13.6. The molecule has 4 rings (SSSR count). The molecule has 0 radical (unpaired) electrons. The van der Waals surface area contributed by atoms with Gasteiger partial charge in [-0.15, -0.1) is 0 Å². The first-order chi connectivity index (χ1) is 15.1. The molecular formula is C26H26FN3O. The van der Waals surface area contributed by atoms with Gasteiger partial charge in [0.25, 0.3) is 0 Å². The normalized spacial score (nSPS) is 19.5. The molecule has 31 heavy (non-hydrogen) atoms. The van der Waals surface area contributed by atoms with Gasteiger partial charge in [-0.2, -0.15) is 5.26 Å². The van der Waals surface area contributed by atoms with E-state index in [4.69, 9.17) is 5.26 Å². The smallest absolute Gasteiger partial charge is 0.227 e. The molecule has 0 bridgehead atoms. The van der Waals surface area contributed by atoms with Gasteiger partial charge in [0.2, 0.25) is 5.91 Å². The number of rotatable bonds is 5. The van der Waals surface area contributed by atoms with E-state index in [1.54, 1.807) is 30.5 Å². The Bertz CT molecular complexity index is 1110. The maximum Gasteiger partial charge on any atom is 0.227 e. The number of fused-ring (bicyclic) bond motifs is 1. The molecule has 1 amide bonds. The number of nitrogens with one attached hydrogen (secondary N) is 1. The summed E-state index contributed by atoms with van der Waals surface area (Å²) < 4.78 is 13.6. The van der Waals surface area contributed by atoms with Gasteiger partial charge in [-0.05, 0) is 92.0 Å². The first-order valence-corrected chi connectivity index (χ1v) is 10.9. The summed E-state index contributed by atoms with van der Waals surface area (Å²) in [6.07, 6.45) is 6.59. The van der Waals surface area contributed by atoms with Crippen molar-refractivity contribution in [3.8, 4) is 6.07 Å². The van der Waals surface area contributed by atoms with Crippen molar-refractivity contribution in [1.29, 1.82) is 5.26 Å². The number of aromatic nitrogens is 1. The first-order valence-electron chi connectivity index (χ1n) is 10.9. The Morgan fingerprint density at radius 1 is 1.16 bits per heavy atom. The van der Waals surface area contributed by atoms with Gasteiger partial charge in [-0.25, -0.2) is 4.39 Å². The number of hydrogen-bond donors (Lipinski definition) is 1. The lowest BCUT2D eigenvalue weighted by atomic mass is 9.72. The third-order valence-electron chi connectivity index (χ3n) is 6.58. The monoisotopic (exact) mass is 415 g/mol. The number of nitriles is 1. The molecule has 1 atom stereocenters. The zero-order valence-corrected chi connectivity index (χ0v) is 17.6. The van der Waals surface area contributed by atoms with Crippen LogP contribution < -0.4 is 5.32 Å². The lowest BCUT2D eigenvalue weighted by Crippen LogP contribution is -2.31. The van der Waals surface area contributed by atoms with Gasteiger partial charge in [0.15, 0.2) is 0 Å². The summed E-state index contributed by atoms with van der Waals surface area (Å²) in [6.45, 7) is 2.07. The molecule has 1 unspecified atom stereocenters. The third kappa shape index (κ3) is 4.59. The molecule has 1 aliphatic rings. The molecule has 1 aliphatic carbocycles. The second-order valence-corrected chi connectivity index (χ2v) is 8.37. The summed E-state index contributed by atoms with van der Waals surface area (Å²) >= 11 is 0. The number of carbonyl (C=O) groups excluding carboxylic acids is 1. The number of hydrogen-bond acceptors (Lipinski definition) is 3. The Labute approximate surface area is 182 Å². The molecule has 0 spiro atoms. The van der Waals surface area contributed by atoms with E-state index >= 15 is 0 Å². The predicted octanol–water partition coefficient (Wildman–Crippen LogP) is 6.18. The van der Waals surface area contributed by atoms with E-state index in [-0.39, 0.29) is 17.6 Å². The molecule has 1 fully saturated rings. The molecule has 1 aromatic heterocycles. The SMILES string of the molecule is CCC(C(=O)Nc1ccc(C#N)cc1)[C@H]1CC[C@@H](c2ccnc3cc(F)ccc32)CC1. The fourth-order valence-electron chi connectivity index (χ4n) is 4.93. The minimum absolute atomic E-state index is 0.0279. The fraction of sp³-hybridized carbons (Fsp3) is 0.346. The quantitative estimate of drug-likeness (QED) is 0.541. The van der Waals surface area contributed by atoms with Crippen LogP contribution in [0.5, 0.6) is 0 Å². The summed E-state index contributed by atoms with van der Waals surface area (Å²) in [4.78, 5) is 17.3. The van der Waals surface area contributed by atoms with Crippen molar-refractivity contribution >= 4 is 22.5 Å². The Hall–Kier alpha value is -3.26. The molecule has 2 aromatic carbocycles. The topological polar surface area (TPSA) is 65.8 Å². The van der Waals surface area contributed by atoms with E-state index in [2.05, 4.69) is 29.4 Å². The zero-order valence-electron chi connectivity index (χ0n) is 17.6. The Morgan fingerprint density at radius 3 is 2.58 bits per heavy atom. The van der Waals surface area contributed by atoms with Crippen molar-refractivity contribution in [2.24, 2.45) is 11.8 Å². The molecule has 4 nitrogen and oxygen atoms in total. The highest BCUT2D eigenvalue weighted by atomic mass is 19.1. The second kappa shape index (κ2) is 9.26. The van der Waals surface area contributed by atoms with Crippen LogP contribution in [0.4, 0.5) is 10.1 Å². The molecule has 3 aromatic rings. The summed E-state index contributed by atoms with van der Waals surface area (Å²) in [5.41, 5.74) is 3.24. The van der Waals surface area contributed by atoms with Gasteiger partial charge >= 0.3 is 0 Å². The van der Waals surface area contributed by atoms with E-state index in [1.165, 1.54) is 17.7 Å². The maximum absolute atomic E-state index is 13.6. The van der Waals surface area contributed by atoms with Crippen LogP contribution in [0, 0.1) is 29.0 Å². The summed E-state index contributed by atoms with van der Waals surface area (Å²) in [6, 6.07) is 15.9. The van der Waals surface area contributed by atoms with Gasteiger partial charge in [0, 0.05) is 29.3 Å². The lowest BCUT2D eigenvalue weighted by Gasteiger charge is -2.33. The van der Waals surface area contributed by atoms with Crippen LogP contribution in [0.15, 0.2) is 54.7 Å². The summed E-state index contributed by atoms with van der Waals surface area (Å²) in [5.74, 6) is 0.525. The molecule has 1 heterocycles. The van der Waals surface area contributed by atoms with Crippen LogP contribution >= 0.6 is 0 Å². The highest BCUT2D eigenvalue weighted by Crippen LogP contribution is 2.41. The number of anilines is 1. The van der Waals surface area contributed by atoms with Crippen LogP contribution in [0.25, 0.3) is 10.9 Å². The molecule has 5 heteroatoms. The Morgan fingerprint density at radius 2 is 1.90 bits per heavy atom. The second-order valence-electron chi connectivity index (χ2n) is 8.37. The van der Waals surface area contributed by atoms with E-state index < -0.39 is 0 Å². The van der Waals surface area contributed by atoms with E-state index in [1.807, 2.05) is 6.07 Å². The summed E-state index contributed by atoms with van der Waals surface area (Å²) in [5, 5.41) is 13.0. The van der Waals surface area contributed by atoms with Crippen molar-refractivity contribution in [1.82, 2.24) is 4.98 Å². The number of nitrogens with zero attached hydrogens (tertiary/aromatic N) is 2.